The number of aromatic hydroxyl groups is 1. The number of aryl methyl sites for hydroxylation is 1. The predicted molar refractivity (Wildman–Crippen MR) is 80.3 cm³/mol. The Bertz CT molecular complexity index is 667. The summed E-state index contributed by atoms with van der Waals surface area (Å²) in [5, 5.41) is 12.3. The number of benzene rings is 2. The van der Waals surface area contributed by atoms with Crippen LogP contribution in [0.5, 0.6) is 17.2 Å². The van der Waals surface area contributed by atoms with E-state index in [4.69, 9.17) is 9.47 Å². The fraction of sp³-hybridized carbons (Fsp3) is 0.188. The SMILES string of the molecule is COc1ccc(NC(=O)c2ccc(O)c(C)c2)cc1OC. The quantitative estimate of drug-likeness (QED) is 0.907. The van der Waals surface area contributed by atoms with Crippen LogP contribution in [0.4, 0.5) is 5.69 Å². The highest BCUT2D eigenvalue weighted by Gasteiger charge is 2.10. The molecule has 0 bridgehead atoms. The smallest absolute Gasteiger partial charge is 0.255 e. The van der Waals surface area contributed by atoms with Crippen molar-refractivity contribution in [3.8, 4) is 17.2 Å². The van der Waals surface area contributed by atoms with E-state index in [2.05, 4.69) is 5.32 Å². The van der Waals surface area contributed by atoms with E-state index in [9.17, 15) is 9.90 Å². The van der Waals surface area contributed by atoms with Gasteiger partial charge in [0, 0.05) is 17.3 Å². The first-order valence-electron chi connectivity index (χ1n) is 6.38. The van der Waals surface area contributed by atoms with Gasteiger partial charge in [-0.15, -0.1) is 0 Å². The molecule has 2 rings (SSSR count). The molecule has 0 aliphatic carbocycles. The topological polar surface area (TPSA) is 67.8 Å². The molecule has 5 nitrogen and oxygen atoms in total. The number of ether oxygens (including phenoxy) is 2. The van der Waals surface area contributed by atoms with E-state index in [1.165, 1.54) is 13.2 Å². The highest BCUT2D eigenvalue weighted by Crippen LogP contribution is 2.30. The Morgan fingerprint density at radius 1 is 1.05 bits per heavy atom. The molecule has 0 radical (unpaired) electrons. The van der Waals surface area contributed by atoms with E-state index in [1.54, 1.807) is 44.4 Å². The molecule has 0 heterocycles. The monoisotopic (exact) mass is 287 g/mol. The standard InChI is InChI=1S/C16H17NO4/c1-10-8-11(4-6-13(10)18)16(19)17-12-5-7-14(20-2)15(9-12)21-3/h4-9,18H,1-3H3,(H,17,19). The van der Waals surface area contributed by atoms with E-state index >= 15 is 0 Å². The number of phenolic OH excluding ortho intramolecular Hbond substituents is 1. The van der Waals surface area contributed by atoms with Crippen LogP contribution in [0.3, 0.4) is 0 Å². The molecule has 1 amide bonds. The molecule has 5 heteroatoms. The van der Waals surface area contributed by atoms with Crippen molar-refractivity contribution in [1.82, 2.24) is 0 Å². The Hall–Kier alpha value is -2.69. The van der Waals surface area contributed by atoms with Crippen molar-refractivity contribution in [3.63, 3.8) is 0 Å². The summed E-state index contributed by atoms with van der Waals surface area (Å²) in [6.07, 6.45) is 0. The van der Waals surface area contributed by atoms with Crippen LogP contribution in [0.15, 0.2) is 36.4 Å². The summed E-state index contributed by atoms with van der Waals surface area (Å²) >= 11 is 0. The zero-order valence-corrected chi connectivity index (χ0v) is 12.1. The lowest BCUT2D eigenvalue weighted by Gasteiger charge is -2.11. The average molecular weight is 287 g/mol. The van der Waals surface area contributed by atoms with Crippen molar-refractivity contribution in [2.75, 3.05) is 19.5 Å². The first-order chi connectivity index (χ1) is 10.0. The molecule has 0 aliphatic heterocycles. The molecule has 2 aromatic rings. The van der Waals surface area contributed by atoms with E-state index in [1.807, 2.05) is 0 Å². The summed E-state index contributed by atoms with van der Waals surface area (Å²) in [5.41, 5.74) is 1.72. The third-order valence-corrected chi connectivity index (χ3v) is 3.10. The fourth-order valence-electron chi connectivity index (χ4n) is 1.91. The molecule has 0 aromatic heterocycles. The Balaban J connectivity index is 2.21. The number of rotatable bonds is 4. The predicted octanol–water partition coefficient (Wildman–Crippen LogP) is 2.97. The molecule has 0 saturated carbocycles. The van der Waals surface area contributed by atoms with Crippen LogP contribution < -0.4 is 14.8 Å². The van der Waals surface area contributed by atoms with Crippen LogP contribution in [-0.4, -0.2) is 25.2 Å². The maximum Gasteiger partial charge on any atom is 0.255 e. The number of nitrogens with one attached hydrogen (secondary N) is 1. The van der Waals surface area contributed by atoms with Gasteiger partial charge in [-0.1, -0.05) is 0 Å². The van der Waals surface area contributed by atoms with Crippen LogP contribution >= 0.6 is 0 Å². The molecule has 2 N–H and O–H groups in total. The van der Waals surface area contributed by atoms with Crippen LogP contribution in [0, 0.1) is 6.92 Å². The third kappa shape index (κ3) is 3.25. The summed E-state index contributed by atoms with van der Waals surface area (Å²) in [6, 6.07) is 9.83. The lowest BCUT2D eigenvalue weighted by Crippen LogP contribution is -2.12. The minimum atomic E-state index is -0.259. The summed E-state index contributed by atoms with van der Waals surface area (Å²) in [6.45, 7) is 1.74. The van der Waals surface area contributed by atoms with Gasteiger partial charge in [0.1, 0.15) is 5.75 Å². The molecular weight excluding hydrogens is 270 g/mol. The molecule has 0 spiro atoms. The summed E-state index contributed by atoms with van der Waals surface area (Å²) in [4.78, 5) is 12.2. The molecule has 2 aromatic carbocycles. The second-order valence-electron chi connectivity index (χ2n) is 4.53. The van der Waals surface area contributed by atoms with Gasteiger partial charge in [0.15, 0.2) is 11.5 Å². The normalized spacial score (nSPS) is 10.0. The lowest BCUT2D eigenvalue weighted by atomic mass is 10.1. The first-order valence-corrected chi connectivity index (χ1v) is 6.38. The van der Waals surface area contributed by atoms with Crippen molar-refractivity contribution in [2.24, 2.45) is 0 Å². The van der Waals surface area contributed by atoms with E-state index in [0.29, 0.717) is 28.3 Å². The summed E-state index contributed by atoms with van der Waals surface area (Å²) in [7, 11) is 3.09. The van der Waals surface area contributed by atoms with Crippen LogP contribution in [0.2, 0.25) is 0 Å². The minimum absolute atomic E-state index is 0.165. The average Bonchev–Trinajstić information content (AvgIpc) is 2.49. The lowest BCUT2D eigenvalue weighted by molar-refractivity contribution is 0.102. The zero-order chi connectivity index (χ0) is 15.4. The Kier molecular flexibility index (Phi) is 4.33. The maximum absolute atomic E-state index is 12.2. The molecule has 0 unspecified atom stereocenters. The molecule has 0 atom stereocenters. The van der Waals surface area contributed by atoms with Crippen LogP contribution in [-0.2, 0) is 0 Å². The van der Waals surface area contributed by atoms with Gasteiger partial charge in [-0.3, -0.25) is 4.79 Å². The number of amides is 1. The summed E-state index contributed by atoms with van der Waals surface area (Å²) < 4.78 is 10.3. The highest BCUT2D eigenvalue weighted by atomic mass is 16.5. The van der Waals surface area contributed by atoms with Gasteiger partial charge in [0.05, 0.1) is 14.2 Å². The molecule has 0 fully saturated rings. The molecular formula is C16H17NO4. The van der Waals surface area contributed by atoms with Gasteiger partial charge in [-0.05, 0) is 42.8 Å². The second-order valence-corrected chi connectivity index (χ2v) is 4.53. The number of phenols is 1. The van der Waals surface area contributed by atoms with Gasteiger partial charge in [-0.2, -0.15) is 0 Å². The Morgan fingerprint density at radius 3 is 2.38 bits per heavy atom. The van der Waals surface area contributed by atoms with Gasteiger partial charge < -0.3 is 19.9 Å². The van der Waals surface area contributed by atoms with Gasteiger partial charge in [0.2, 0.25) is 0 Å². The highest BCUT2D eigenvalue weighted by molar-refractivity contribution is 6.04. The third-order valence-electron chi connectivity index (χ3n) is 3.10. The largest absolute Gasteiger partial charge is 0.508 e. The fourth-order valence-corrected chi connectivity index (χ4v) is 1.91. The molecule has 21 heavy (non-hydrogen) atoms. The van der Waals surface area contributed by atoms with E-state index < -0.39 is 0 Å². The molecule has 0 aliphatic rings. The van der Waals surface area contributed by atoms with E-state index in [-0.39, 0.29) is 11.7 Å². The number of hydrogen-bond donors (Lipinski definition) is 2. The Morgan fingerprint density at radius 2 is 1.76 bits per heavy atom. The number of carbonyl (C=O) groups is 1. The van der Waals surface area contributed by atoms with Crippen molar-refractivity contribution < 1.29 is 19.4 Å². The van der Waals surface area contributed by atoms with Gasteiger partial charge >= 0.3 is 0 Å². The first kappa shape index (κ1) is 14.7. The van der Waals surface area contributed by atoms with Crippen molar-refractivity contribution in [3.05, 3.63) is 47.5 Å². The Labute approximate surface area is 123 Å². The van der Waals surface area contributed by atoms with Crippen molar-refractivity contribution in [1.29, 1.82) is 0 Å². The van der Waals surface area contributed by atoms with Crippen molar-refractivity contribution in [2.45, 2.75) is 6.92 Å². The summed E-state index contributed by atoms with van der Waals surface area (Å²) in [5.74, 6) is 1.04. The van der Waals surface area contributed by atoms with Gasteiger partial charge in [0.25, 0.3) is 5.91 Å². The van der Waals surface area contributed by atoms with Crippen molar-refractivity contribution >= 4 is 11.6 Å². The van der Waals surface area contributed by atoms with E-state index in [0.717, 1.165) is 0 Å². The molecule has 0 saturated heterocycles. The second kappa shape index (κ2) is 6.17. The minimum Gasteiger partial charge on any atom is -0.508 e. The van der Waals surface area contributed by atoms with Gasteiger partial charge in [-0.25, -0.2) is 0 Å². The van der Waals surface area contributed by atoms with Crippen LogP contribution in [0.25, 0.3) is 0 Å². The number of carbonyl (C=O) groups excluding carboxylic acids is 1. The maximum atomic E-state index is 12.2. The number of methoxy groups -OCH3 is 2. The number of hydrogen-bond acceptors (Lipinski definition) is 4. The zero-order valence-electron chi connectivity index (χ0n) is 12.1. The van der Waals surface area contributed by atoms with Crippen LogP contribution in [0.1, 0.15) is 15.9 Å². The molecule has 110 valence electrons. The number of anilines is 1.